The average molecular weight is 139 g/mol. The van der Waals surface area contributed by atoms with E-state index in [4.69, 9.17) is 5.11 Å². The molecule has 0 unspecified atom stereocenters. The zero-order valence-electron chi connectivity index (χ0n) is 5.19. The Labute approximate surface area is 53.1 Å². The molecule has 0 spiro atoms. The molecule has 9 heavy (non-hydrogen) atoms. The highest BCUT2D eigenvalue weighted by molar-refractivity contribution is 4.44. The third-order valence-corrected chi connectivity index (χ3v) is 0.971. The molecule has 0 bridgehead atoms. The number of rotatable bonds is 5. The molecule has 0 aliphatic heterocycles. The minimum Gasteiger partial charge on any atom is -0.396 e. The summed E-state index contributed by atoms with van der Waals surface area (Å²) in [5.41, 5.74) is 0. The first kappa shape index (κ1) is 8.78. The molecule has 0 saturated carbocycles. The lowest BCUT2D eigenvalue weighted by molar-refractivity contribution is 0.116. The van der Waals surface area contributed by atoms with Crippen LogP contribution in [0.5, 0.6) is 0 Å². The molecule has 0 aromatic carbocycles. The second kappa shape index (κ2) is 5.91. The van der Waals surface area contributed by atoms with Gasteiger partial charge in [0.25, 0.3) is 0 Å². The lowest BCUT2D eigenvalue weighted by atomic mass is 10.4. The summed E-state index contributed by atoms with van der Waals surface area (Å²) in [5.74, 6) is 0. The average Bonchev–Trinajstić information content (AvgIpc) is 1.91. The minimum absolute atomic E-state index is 0.0174. The molecule has 0 aromatic heterocycles. The largest absolute Gasteiger partial charge is 0.396 e. The highest BCUT2D eigenvalue weighted by Gasteiger charge is 1.99. The molecule has 0 aliphatic rings. The molecular formula is C5H11F2NO. The van der Waals surface area contributed by atoms with Gasteiger partial charge in [-0.2, -0.15) is 0 Å². The molecule has 0 heterocycles. The zero-order valence-corrected chi connectivity index (χ0v) is 5.19. The first-order valence-electron chi connectivity index (χ1n) is 2.80. The molecule has 0 amide bonds. The van der Waals surface area contributed by atoms with E-state index in [2.05, 4.69) is 0 Å². The van der Waals surface area contributed by atoms with Gasteiger partial charge < -0.3 is 5.11 Å². The summed E-state index contributed by atoms with van der Waals surface area (Å²) in [5, 5.41) is 8.23. The van der Waals surface area contributed by atoms with Gasteiger partial charge in [-0.1, -0.05) is 0 Å². The molecule has 0 atom stereocenters. The van der Waals surface area contributed by atoms with Crippen LogP contribution in [0, 0.1) is 0 Å². The first-order valence-corrected chi connectivity index (χ1v) is 2.80. The van der Waals surface area contributed by atoms with E-state index in [1.54, 1.807) is 0 Å². The van der Waals surface area contributed by atoms with E-state index in [1.807, 2.05) is 0 Å². The molecule has 1 N–H and O–H groups in total. The molecule has 0 rings (SSSR count). The Balaban J connectivity index is 3.09. The van der Waals surface area contributed by atoms with Crippen LogP contribution >= 0.6 is 0 Å². The first-order chi connectivity index (χ1) is 4.35. The molecule has 2 nitrogen and oxygen atoms in total. The summed E-state index contributed by atoms with van der Waals surface area (Å²) in [4.78, 5) is 0.968. The summed E-state index contributed by atoms with van der Waals surface area (Å²) < 4.78 is 23.2. The number of alkyl halides is 2. The molecule has 4 heteroatoms. The number of aliphatic hydroxyl groups excluding tert-OH is 1. The normalized spacial score (nSPS) is 10.7. The standard InChI is InChI=1S/C5H11F2NO/c6-4-8(5-7)2-1-3-9/h9H,1-5H2. The van der Waals surface area contributed by atoms with Gasteiger partial charge in [0.2, 0.25) is 0 Å². The lowest BCUT2D eigenvalue weighted by Crippen LogP contribution is -2.23. The Hall–Kier alpha value is -0.220. The highest BCUT2D eigenvalue weighted by atomic mass is 19.1. The third-order valence-electron chi connectivity index (χ3n) is 0.971. The molecule has 0 radical (unpaired) electrons. The van der Waals surface area contributed by atoms with Gasteiger partial charge in [0, 0.05) is 13.2 Å². The molecular weight excluding hydrogens is 128 g/mol. The predicted molar refractivity (Wildman–Crippen MR) is 30.4 cm³/mol. The SMILES string of the molecule is OCCCN(CF)CF. The molecule has 0 aliphatic carbocycles. The highest BCUT2D eigenvalue weighted by Crippen LogP contribution is 1.90. The number of hydrogen-bond donors (Lipinski definition) is 1. The monoisotopic (exact) mass is 139 g/mol. The van der Waals surface area contributed by atoms with Crippen LogP contribution in [0.3, 0.4) is 0 Å². The number of nitrogens with zero attached hydrogens (tertiary/aromatic N) is 1. The van der Waals surface area contributed by atoms with E-state index >= 15 is 0 Å². The number of hydrogen-bond acceptors (Lipinski definition) is 2. The zero-order chi connectivity index (χ0) is 7.11. The Morgan fingerprint density at radius 3 is 2.11 bits per heavy atom. The van der Waals surface area contributed by atoms with Crippen LogP contribution in [-0.2, 0) is 0 Å². The van der Waals surface area contributed by atoms with Crippen molar-refractivity contribution in [2.24, 2.45) is 0 Å². The van der Waals surface area contributed by atoms with E-state index in [9.17, 15) is 8.78 Å². The second-order valence-electron chi connectivity index (χ2n) is 1.71. The molecule has 0 saturated heterocycles. The quantitative estimate of drug-likeness (QED) is 0.561. The Morgan fingerprint density at radius 1 is 1.22 bits per heavy atom. The van der Waals surface area contributed by atoms with Gasteiger partial charge in [-0.05, 0) is 6.42 Å². The summed E-state index contributed by atoms with van der Waals surface area (Å²) in [6, 6.07) is 0. The van der Waals surface area contributed by atoms with Crippen molar-refractivity contribution in [1.29, 1.82) is 0 Å². The van der Waals surface area contributed by atoms with Crippen LogP contribution in [0.15, 0.2) is 0 Å². The Morgan fingerprint density at radius 2 is 1.78 bits per heavy atom. The predicted octanol–water partition coefficient (Wildman–Crippen LogP) is 0.525. The Kier molecular flexibility index (Phi) is 5.76. The van der Waals surface area contributed by atoms with Crippen molar-refractivity contribution in [1.82, 2.24) is 4.90 Å². The van der Waals surface area contributed by atoms with Crippen LogP contribution < -0.4 is 0 Å². The smallest absolute Gasteiger partial charge is 0.145 e. The van der Waals surface area contributed by atoms with Gasteiger partial charge in [-0.25, -0.2) is 13.7 Å². The van der Waals surface area contributed by atoms with Gasteiger partial charge in [-0.15, -0.1) is 0 Å². The maximum atomic E-state index is 11.6. The maximum absolute atomic E-state index is 11.6. The minimum atomic E-state index is -0.781. The van der Waals surface area contributed by atoms with Gasteiger partial charge in [0.1, 0.15) is 13.6 Å². The van der Waals surface area contributed by atoms with E-state index in [0.29, 0.717) is 6.42 Å². The van der Waals surface area contributed by atoms with Crippen molar-refractivity contribution in [3.8, 4) is 0 Å². The van der Waals surface area contributed by atoms with Crippen molar-refractivity contribution in [2.75, 3.05) is 26.7 Å². The van der Waals surface area contributed by atoms with Crippen LogP contribution in [-0.4, -0.2) is 36.8 Å². The lowest BCUT2D eigenvalue weighted by Gasteiger charge is -2.11. The van der Waals surface area contributed by atoms with Crippen molar-refractivity contribution >= 4 is 0 Å². The topological polar surface area (TPSA) is 23.5 Å². The fourth-order valence-electron chi connectivity index (χ4n) is 0.446. The van der Waals surface area contributed by atoms with Crippen molar-refractivity contribution in [3.05, 3.63) is 0 Å². The van der Waals surface area contributed by atoms with Crippen LogP contribution in [0.2, 0.25) is 0 Å². The molecule has 56 valence electrons. The summed E-state index contributed by atoms with van der Waals surface area (Å²) in [6.45, 7) is -1.30. The van der Waals surface area contributed by atoms with Crippen LogP contribution in [0.25, 0.3) is 0 Å². The molecule has 0 aromatic rings. The maximum Gasteiger partial charge on any atom is 0.145 e. The summed E-state index contributed by atoms with van der Waals surface area (Å²) in [6.07, 6.45) is 0.424. The summed E-state index contributed by atoms with van der Waals surface area (Å²) in [7, 11) is 0. The number of halogens is 2. The van der Waals surface area contributed by atoms with Crippen molar-refractivity contribution in [3.63, 3.8) is 0 Å². The molecule has 0 fully saturated rings. The van der Waals surface area contributed by atoms with E-state index in [-0.39, 0.29) is 13.2 Å². The van der Waals surface area contributed by atoms with Crippen molar-refractivity contribution < 1.29 is 13.9 Å². The van der Waals surface area contributed by atoms with Crippen molar-refractivity contribution in [2.45, 2.75) is 6.42 Å². The summed E-state index contributed by atoms with van der Waals surface area (Å²) >= 11 is 0. The van der Waals surface area contributed by atoms with Gasteiger partial charge >= 0.3 is 0 Å². The van der Waals surface area contributed by atoms with Gasteiger partial charge in [0.05, 0.1) is 0 Å². The van der Waals surface area contributed by atoms with Crippen LogP contribution in [0.1, 0.15) is 6.42 Å². The third kappa shape index (κ3) is 4.29. The fourth-order valence-corrected chi connectivity index (χ4v) is 0.446. The van der Waals surface area contributed by atoms with E-state index in [1.165, 1.54) is 0 Å². The van der Waals surface area contributed by atoms with E-state index < -0.39 is 13.6 Å². The Bertz CT molecular complexity index is 58.9. The second-order valence-corrected chi connectivity index (χ2v) is 1.71. The fraction of sp³-hybridized carbons (Fsp3) is 1.00. The van der Waals surface area contributed by atoms with Gasteiger partial charge in [0.15, 0.2) is 0 Å². The van der Waals surface area contributed by atoms with Gasteiger partial charge in [-0.3, -0.25) is 0 Å². The van der Waals surface area contributed by atoms with E-state index in [0.717, 1.165) is 4.90 Å². The van der Waals surface area contributed by atoms with Crippen LogP contribution in [0.4, 0.5) is 8.78 Å². The number of aliphatic hydroxyl groups is 1.